The van der Waals surface area contributed by atoms with Gasteiger partial charge in [0.2, 0.25) is 0 Å². The molecule has 0 atom stereocenters. The molecule has 0 spiro atoms. The van der Waals surface area contributed by atoms with Crippen molar-refractivity contribution in [1.82, 2.24) is 10.2 Å². The van der Waals surface area contributed by atoms with Gasteiger partial charge in [-0.15, -0.1) is 0 Å². The number of likely N-dealkylation sites (N-methyl/N-ethyl adjacent to an activating group) is 1. The molecule has 0 fully saturated rings. The second-order valence-electron chi connectivity index (χ2n) is 5.02. The molecule has 0 aliphatic carbocycles. The Hall–Kier alpha value is -2.45. The van der Waals surface area contributed by atoms with E-state index in [9.17, 15) is 22.8 Å². The largest absolute Gasteiger partial charge is 0.492 e. The first kappa shape index (κ1) is 19.6. The summed E-state index contributed by atoms with van der Waals surface area (Å²) in [7, 11) is 1.53. The van der Waals surface area contributed by atoms with Gasteiger partial charge in [0, 0.05) is 20.0 Å². The Kier molecular flexibility index (Phi) is 7.34. The summed E-state index contributed by atoms with van der Waals surface area (Å²) in [5.74, 6) is -0.652. The molecule has 0 aromatic heterocycles. The Labute approximate surface area is 137 Å². The SMILES string of the molecule is CN(CCOc1ccc(C(F)(F)F)cc1)C(=O)NCCCC(=O)O. The zero-order valence-electron chi connectivity index (χ0n) is 13.1. The molecule has 9 heteroatoms. The Morgan fingerprint density at radius 2 is 1.88 bits per heavy atom. The smallest absolute Gasteiger partial charge is 0.416 e. The summed E-state index contributed by atoms with van der Waals surface area (Å²) in [4.78, 5) is 23.3. The summed E-state index contributed by atoms with van der Waals surface area (Å²) in [6.07, 6.45) is -4.09. The molecule has 1 aromatic carbocycles. The lowest BCUT2D eigenvalue weighted by atomic mass is 10.2. The highest BCUT2D eigenvalue weighted by atomic mass is 19.4. The van der Waals surface area contributed by atoms with E-state index in [1.807, 2.05) is 0 Å². The number of nitrogens with zero attached hydrogens (tertiary/aromatic N) is 1. The van der Waals surface area contributed by atoms with Crippen LogP contribution >= 0.6 is 0 Å². The van der Waals surface area contributed by atoms with Crippen molar-refractivity contribution >= 4 is 12.0 Å². The van der Waals surface area contributed by atoms with Crippen LogP contribution in [0.3, 0.4) is 0 Å². The Morgan fingerprint density at radius 3 is 2.42 bits per heavy atom. The van der Waals surface area contributed by atoms with Crippen molar-refractivity contribution < 1.29 is 32.6 Å². The van der Waals surface area contributed by atoms with E-state index < -0.39 is 17.7 Å². The number of nitrogens with one attached hydrogen (secondary N) is 1. The van der Waals surface area contributed by atoms with Crippen molar-refractivity contribution in [1.29, 1.82) is 0 Å². The number of carboxylic acid groups (broad SMARTS) is 1. The summed E-state index contributed by atoms with van der Waals surface area (Å²) >= 11 is 0. The molecule has 24 heavy (non-hydrogen) atoms. The average molecular weight is 348 g/mol. The number of halogens is 3. The number of aliphatic carboxylic acids is 1. The van der Waals surface area contributed by atoms with Crippen LogP contribution in [0.1, 0.15) is 18.4 Å². The number of alkyl halides is 3. The van der Waals surface area contributed by atoms with Crippen LogP contribution in [0, 0.1) is 0 Å². The highest BCUT2D eigenvalue weighted by molar-refractivity contribution is 5.73. The van der Waals surface area contributed by atoms with Crippen molar-refractivity contribution in [3.63, 3.8) is 0 Å². The van der Waals surface area contributed by atoms with Crippen LogP contribution in [0.2, 0.25) is 0 Å². The second-order valence-corrected chi connectivity index (χ2v) is 5.02. The normalized spacial score (nSPS) is 11.0. The number of carboxylic acids is 1. The first-order valence-corrected chi connectivity index (χ1v) is 7.21. The predicted octanol–water partition coefficient (Wildman–Crippen LogP) is 2.59. The van der Waals surface area contributed by atoms with Gasteiger partial charge in [-0.05, 0) is 30.7 Å². The highest BCUT2D eigenvalue weighted by Crippen LogP contribution is 2.30. The summed E-state index contributed by atoms with van der Waals surface area (Å²) in [5.41, 5.74) is -0.757. The van der Waals surface area contributed by atoms with E-state index in [0.717, 1.165) is 12.1 Å². The minimum atomic E-state index is -4.39. The number of carbonyl (C=O) groups excluding carboxylic acids is 1. The zero-order valence-corrected chi connectivity index (χ0v) is 13.1. The molecule has 0 bridgehead atoms. The van der Waals surface area contributed by atoms with Gasteiger partial charge in [-0.25, -0.2) is 4.79 Å². The van der Waals surface area contributed by atoms with E-state index in [4.69, 9.17) is 9.84 Å². The number of amides is 2. The molecule has 0 aliphatic heterocycles. The van der Waals surface area contributed by atoms with Crippen LogP contribution < -0.4 is 10.1 Å². The van der Waals surface area contributed by atoms with Gasteiger partial charge in [-0.3, -0.25) is 4.79 Å². The predicted molar refractivity (Wildman–Crippen MR) is 79.8 cm³/mol. The highest BCUT2D eigenvalue weighted by Gasteiger charge is 2.29. The molecule has 6 nitrogen and oxygen atoms in total. The summed E-state index contributed by atoms with van der Waals surface area (Å²) in [6, 6.07) is 3.91. The number of ether oxygens (including phenoxy) is 1. The van der Waals surface area contributed by atoms with Gasteiger partial charge in [0.25, 0.3) is 0 Å². The van der Waals surface area contributed by atoms with Crippen LogP contribution in [-0.4, -0.2) is 48.8 Å². The van der Waals surface area contributed by atoms with Gasteiger partial charge in [0.1, 0.15) is 12.4 Å². The monoisotopic (exact) mass is 348 g/mol. The molecule has 0 unspecified atom stereocenters. The lowest BCUT2D eigenvalue weighted by Gasteiger charge is -2.18. The van der Waals surface area contributed by atoms with Crippen LogP contribution in [0.4, 0.5) is 18.0 Å². The fourth-order valence-electron chi connectivity index (χ4n) is 1.71. The topological polar surface area (TPSA) is 78.9 Å². The third-order valence-corrected chi connectivity index (χ3v) is 3.07. The van der Waals surface area contributed by atoms with Crippen LogP contribution in [-0.2, 0) is 11.0 Å². The molecule has 0 heterocycles. The van der Waals surface area contributed by atoms with Crippen molar-refractivity contribution in [2.75, 3.05) is 26.7 Å². The Balaban J connectivity index is 2.28. The number of urea groups is 1. The molecule has 1 aromatic rings. The lowest BCUT2D eigenvalue weighted by Crippen LogP contribution is -2.39. The fraction of sp³-hybridized carbons (Fsp3) is 0.467. The number of hydrogen-bond acceptors (Lipinski definition) is 3. The molecular weight excluding hydrogens is 329 g/mol. The van der Waals surface area contributed by atoms with E-state index in [1.165, 1.54) is 24.1 Å². The van der Waals surface area contributed by atoms with Crippen LogP contribution in [0.5, 0.6) is 5.75 Å². The van der Waals surface area contributed by atoms with E-state index in [0.29, 0.717) is 6.42 Å². The average Bonchev–Trinajstić information content (AvgIpc) is 2.50. The number of benzene rings is 1. The third-order valence-electron chi connectivity index (χ3n) is 3.07. The summed E-state index contributed by atoms with van der Waals surface area (Å²) in [6.45, 7) is 0.589. The molecule has 2 N–H and O–H groups in total. The van der Waals surface area contributed by atoms with Gasteiger partial charge in [0.05, 0.1) is 12.1 Å². The maximum atomic E-state index is 12.4. The Morgan fingerprint density at radius 1 is 1.25 bits per heavy atom. The van der Waals surface area contributed by atoms with Crippen molar-refractivity contribution in [2.24, 2.45) is 0 Å². The number of hydrogen-bond donors (Lipinski definition) is 2. The standard InChI is InChI=1S/C15H19F3N2O4/c1-20(14(23)19-8-2-3-13(21)22)9-10-24-12-6-4-11(5-7-12)15(16,17)18/h4-7H,2-3,8-10H2,1H3,(H,19,23)(H,21,22). The van der Waals surface area contributed by atoms with Gasteiger partial charge in [0.15, 0.2) is 0 Å². The third kappa shape index (κ3) is 7.21. The maximum Gasteiger partial charge on any atom is 0.416 e. The van der Waals surface area contributed by atoms with Crippen molar-refractivity contribution in [3.05, 3.63) is 29.8 Å². The lowest BCUT2D eigenvalue weighted by molar-refractivity contribution is -0.138. The van der Waals surface area contributed by atoms with Crippen LogP contribution in [0.15, 0.2) is 24.3 Å². The summed E-state index contributed by atoms with van der Waals surface area (Å²) < 4.78 is 42.5. The minimum Gasteiger partial charge on any atom is -0.492 e. The quantitative estimate of drug-likeness (QED) is 0.708. The summed E-state index contributed by atoms with van der Waals surface area (Å²) in [5, 5.41) is 11.0. The molecular formula is C15H19F3N2O4. The molecule has 0 aliphatic rings. The molecule has 0 saturated carbocycles. The molecule has 0 saturated heterocycles. The van der Waals surface area contributed by atoms with Crippen LogP contribution in [0.25, 0.3) is 0 Å². The maximum absolute atomic E-state index is 12.4. The van der Waals surface area contributed by atoms with Gasteiger partial charge >= 0.3 is 18.2 Å². The molecule has 134 valence electrons. The fourth-order valence-corrected chi connectivity index (χ4v) is 1.71. The van der Waals surface area contributed by atoms with Crippen molar-refractivity contribution in [2.45, 2.75) is 19.0 Å². The first-order chi connectivity index (χ1) is 11.2. The second kappa shape index (κ2) is 8.99. The van der Waals surface area contributed by atoms with E-state index in [-0.39, 0.29) is 37.9 Å². The first-order valence-electron chi connectivity index (χ1n) is 7.21. The van der Waals surface area contributed by atoms with Gasteiger partial charge in [-0.2, -0.15) is 13.2 Å². The Bertz CT molecular complexity index is 547. The van der Waals surface area contributed by atoms with E-state index in [2.05, 4.69) is 5.32 Å². The van der Waals surface area contributed by atoms with E-state index >= 15 is 0 Å². The van der Waals surface area contributed by atoms with E-state index in [1.54, 1.807) is 0 Å². The number of carbonyl (C=O) groups is 2. The molecule has 0 radical (unpaired) electrons. The molecule has 2 amide bonds. The van der Waals surface area contributed by atoms with Crippen molar-refractivity contribution in [3.8, 4) is 5.75 Å². The van der Waals surface area contributed by atoms with Gasteiger partial charge in [-0.1, -0.05) is 0 Å². The van der Waals surface area contributed by atoms with Gasteiger partial charge < -0.3 is 20.1 Å². The molecule has 1 rings (SSSR count). The number of rotatable bonds is 8. The zero-order chi connectivity index (χ0) is 18.2. The minimum absolute atomic E-state index is 0.0268.